The Morgan fingerprint density at radius 2 is 1.79 bits per heavy atom. The highest BCUT2D eigenvalue weighted by Gasteiger charge is 2.41. The average Bonchev–Trinajstić information content (AvgIpc) is 2.51. The minimum absolute atomic E-state index is 0.0530. The van der Waals surface area contributed by atoms with Gasteiger partial charge in [0.05, 0.1) is 5.69 Å². The maximum atomic E-state index is 13.5. The Balaban J connectivity index is 2.29. The summed E-state index contributed by atoms with van der Waals surface area (Å²) in [6, 6.07) is 8.92. The molecule has 1 N–H and O–H groups in total. The lowest BCUT2D eigenvalue weighted by atomic mass is 9.96. The molecule has 0 saturated carbocycles. The van der Waals surface area contributed by atoms with E-state index in [4.69, 9.17) is 0 Å². The summed E-state index contributed by atoms with van der Waals surface area (Å²) in [5.41, 5.74) is 0.793. The third-order valence-corrected chi connectivity index (χ3v) is 4.24. The van der Waals surface area contributed by atoms with Crippen LogP contribution >= 0.6 is 0 Å². The molecule has 0 fully saturated rings. The van der Waals surface area contributed by atoms with Crippen LogP contribution in [-0.4, -0.2) is 32.1 Å². The van der Waals surface area contributed by atoms with Crippen molar-refractivity contribution >= 4 is 27.9 Å². The molecule has 2 aromatic rings. The van der Waals surface area contributed by atoms with Crippen LogP contribution in [0.25, 0.3) is 10.8 Å². The van der Waals surface area contributed by atoms with Crippen LogP contribution in [0.3, 0.4) is 0 Å². The monoisotopic (exact) mass is 335 g/mol. The van der Waals surface area contributed by atoms with Crippen LogP contribution < -0.4 is 10.2 Å². The SMILES string of the molecule is CC(C)C1N=C(C(F)(F)F)c2ccc3c(N(C)C)cccc3c2N1. The van der Waals surface area contributed by atoms with Crippen molar-refractivity contribution in [3.8, 4) is 0 Å². The molecule has 0 saturated heterocycles. The molecule has 2 aromatic carbocycles. The lowest BCUT2D eigenvalue weighted by Crippen LogP contribution is -2.36. The normalized spacial score (nSPS) is 17.5. The molecule has 24 heavy (non-hydrogen) atoms. The first-order valence-corrected chi connectivity index (χ1v) is 7.85. The summed E-state index contributed by atoms with van der Waals surface area (Å²) < 4.78 is 40.5. The van der Waals surface area contributed by atoms with Gasteiger partial charge in [0.25, 0.3) is 0 Å². The fourth-order valence-corrected chi connectivity index (χ4v) is 3.01. The zero-order valence-corrected chi connectivity index (χ0v) is 14.1. The first-order chi connectivity index (χ1) is 11.2. The molecule has 0 amide bonds. The maximum Gasteiger partial charge on any atom is 0.433 e. The van der Waals surface area contributed by atoms with Gasteiger partial charge in [-0.2, -0.15) is 13.2 Å². The van der Waals surface area contributed by atoms with Crippen molar-refractivity contribution in [3.05, 3.63) is 35.9 Å². The number of halogens is 3. The predicted octanol–water partition coefficient (Wildman–Crippen LogP) is 4.66. The zero-order valence-electron chi connectivity index (χ0n) is 14.1. The number of fused-ring (bicyclic) bond motifs is 3. The maximum absolute atomic E-state index is 13.5. The van der Waals surface area contributed by atoms with Crippen LogP contribution in [0.4, 0.5) is 24.5 Å². The van der Waals surface area contributed by atoms with Crippen LogP contribution in [0.2, 0.25) is 0 Å². The van der Waals surface area contributed by atoms with Gasteiger partial charge in [-0.3, -0.25) is 4.99 Å². The summed E-state index contributed by atoms with van der Waals surface area (Å²) in [6.07, 6.45) is -5.07. The largest absolute Gasteiger partial charge is 0.433 e. The minimum atomic E-state index is -4.48. The molecule has 0 spiro atoms. The van der Waals surface area contributed by atoms with Gasteiger partial charge in [0.15, 0.2) is 5.71 Å². The van der Waals surface area contributed by atoms with Crippen molar-refractivity contribution in [2.24, 2.45) is 10.9 Å². The van der Waals surface area contributed by atoms with E-state index in [9.17, 15) is 13.2 Å². The molecule has 0 aromatic heterocycles. The topological polar surface area (TPSA) is 27.6 Å². The van der Waals surface area contributed by atoms with E-state index in [0.717, 1.165) is 16.5 Å². The molecule has 1 heterocycles. The fraction of sp³-hybridized carbons (Fsp3) is 0.389. The van der Waals surface area contributed by atoms with Crippen LogP contribution in [-0.2, 0) is 0 Å². The molecule has 3 nitrogen and oxygen atoms in total. The molecule has 1 aliphatic heterocycles. The summed E-state index contributed by atoms with van der Waals surface area (Å²) in [5, 5.41) is 4.90. The predicted molar refractivity (Wildman–Crippen MR) is 93.1 cm³/mol. The molecule has 0 aliphatic carbocycles. The fourth-order valence-electron chi connectivity index (χ4n) is 3.01. The van der Waals surface area contributed by atoms with Crippen molar-refractivity contribution in [2.45, 2.75) is 26.2 Å². The lowest BCUT2D eigenvalue weighted by molar-refractivity contribution is -0.0585. The number of aliphatic imine (C=N–C) groups is 1. The molecule has 1 aliphatic rings. The number of hydrogen-bond donors (Lipinski definition) is 1. The van der Waals surface area contributed by atoms with Gasteiger partial charge < -0.3 is 10.2 Å². The van der Waals surface area contributed by atoms with Gasteiger partial charge in [0, 0.05) is 36.1 Å². The molecule has 0 bridgehead atoms. The van der Waals surface area contributed by atoms with E-state index in [1.807, 2.05) is 51.0 Å². The Kier molecular flexibility index (Phi) is 3.94. The zero-order chi connectivity index (χ0) is 17.6. The van der Waals surface area contributed by atoms with Gasteiger partial charge in [-0.25, -0.2) is 0 Å². The molecular weight excluding hydrogens is 315 g/mol. The number of nitrogens with one attached hydrogen (secondary N) is 1. The van der Waals surface area contributed by atoms with Crippen molar-refractivity contribution in [1.82, 2.24) is 0 Å². The van der Waals surface area contributed by atoms with E-state index in [-0.39, 0.29) is 11.5 Å². The Bertz CT molecular complexity index is 807. The van der Waals surface area contributed by atoms with Gasteiger partial charge in [-0.1, -0.05) is 38.1 Å². The highest BCUT2D eigenvalue weighted by Crippen LogP contribution is 2.39. The Hall–Kier alpha value is -2.24. The number of benzene rings is 2. The quantitative estimate of drug-likeness (QED) is 0.864. The highest BCUT2D eigenvalue weighted by atomic mass is 19.4. The summed E-state index contributed by atoms with van der Waals surface area (Å²) in [4.78, 5) is 5.88. The molecule has 1 atom stereocenters. The van der Waals surface area contributed by atoms with Gasteiger partial charge in [0.1, 0.15) is 6.17 Å². The van der Waals surface area contributed by atoms with E-state index in [2.05, 4.69) is 10.3 Å². The molecule has 1 unspecified atom stereocenters. The highest BCUT2D eigenvalue weighted by molar-refractivity contribution is 6.16. The van der Waals surface area contributed by atoms with Gasteiger partial charge in [0.2, 0.25) is 0 Å². The van der Waals surface area contributed by atoms with Crippen LogP contribution in [0, 0.1) is 5.92 Å². The van der Waals surface area contributed by atoms with Crippen LogP contribution in [0.15, 0.2) is 35.3 Å². The summed E-state index contributed by atoms with van der Waals surface area (Å²) in [6.45, 7) is 3.72. The standard InChI is InChI=1S/C18H20F3N3/c1-10(2)17-22-15-12-6-5-7-14(24(3)4)11(12)8-9-13(15)16(23-17)18(19,20)21/h5-10,17,22H,1-4H3. The van der Waals surface area contributed by atoms with Crippen LogP contribution in [0.1, 0.15) is 19.4 Å². The summed E-state index contributed by atoms with van der Waals surface area (Å²) in [7, 11) is 3.84. The van der Waals surface area contributed by atoms with E-state index < -0.39 is 18.1 Å². The Morgan fingerprint density at radius 3 is 2.38 bits per heavy atom. The average molecular weight is 335 g/mol. The minimum Gasteiger partial charge on any atom is -0.377 e. The molecule has 128 valence electrons. The van der Waals surface area contributed by atoms with Gasteiger partial charge in [-0.15, -0.1) is 0 Å². The number of hydrogen-bond acceptors (Lipinski definition) is 3. The smallest absolute Gasteiger partial charge is 0.377 e. The van der Waals surface area contributed by atoms with E-state index in [1.54, 1.807) is 6.07 Å². The van der Waals surface area contributed by atoms with E-state index in [1.165, 1.54) is 6.07 Å². The Morgan fingerprint density at radius 1 is 1.08 bits per heavy atom. The summed E-state index contributed by atoms with van der Waals surface area (Å²) >= 11 is 0. The second-order valence-corrected chi connectivity index (χ2v) is 6.56. The second kappa shape index (κ2) is 5.69. The first-order valence-electron chi connectivity index (χ1n) is 7.85. The van der Waals surface area contributed by atoms with Crippen LogP contribution in [0.5, 0.6) is 0 Å². The van der Waals surface area contributed by atoms with Gasteiger partial charge in [-0.05, 0) is 12.0 Å². The van der Waals surface area contributed by atoms with Crippen molar-refractivity contribution in [3.63, 3.8) is 0 Å². The molecule has 0 radical (unpaired) electrons. The number of rotatable bonds is 2. The number of alkyl halides is 3. The third kappa shape index (κ3) is 2.70. The lowest BCUT2D eigenvalue weighted by Gasteiger charge is -2.30. The Labute approximate surface area is 139 Å². The molecule has 3 rings (SSSR count). The van der Waals surface area contributed by atoms with Crippen molar-refractivity contribution in [1.29, 1.82) is 0 Å². The number of anilines is 2. The van der Waals surface area contributed by atoms with Gasteiger partial charge >= 0.3 is 6.18 Å². The van der Waals surface area contributed by atoms with Crippen molar-refractivity contribution in [2.75, 3.05) is 24.3 Å². The number of nitrogens with zero attached hydrogens (tertiary/aromatic N) is 2. The second-order valence-electron chi connectivity index (χ2n) is 6.56. The van der Waals surface area contributed by atoms with Crippen molar-refractivity contribution < 1.29 is 13.2 Å². The molecule has 6 heteroatoms. The first kappa shape index (κ1) is 16.6. The summed E-state index contributed by atoms with van der Waals surface area (Å²) in [5.74, 6) is -0.0530. The molecular formula is C18H20F3N3. The van der Waals surface area contributed by atoms with E-state index >= 15 is 0 Å². The van der Waals surface area contributed by atoms with E-state index in [0.29, 0.717) is 5.69 Å². The third-order valence-electron chi connectivity index (χ3n) is 4.24.